The normalized spacial score (nSPS) is 16.0. The van der Waals surface area contributed by atoms with E-state index in [1.54, 1.807) is 17.0 Å². The second kappa shape index (κ2) is 9.50. The van der Waals surface area contributed by atoms with Gasteiger partial charge in [0.05, 0.1) is 17.0 Å². The van der Waals surface area contributed by atoms with Crippen molar-refractivity contribution in [2.24, 2.45) is 5.92 Å². The molecule has 1 aliphatic heterocycles. The second-order valence-corrected chi connectivity index (χ2v) is 9.72. The molecule has 0 aliphatic carbocycles. The van der Waals surface area contributed by atoms with Gasteiger partial charge in [-0.3, -0.25) is 9.69 Å². The molecule has 7 nitrogen and oxygen atoms in total. The number of amides is 1. The molecule has 28 heavy (non-hydrogen) atoms. The fourth-order valence-corrected chi connectivity index (χ4v) is 4.87. The first-order chi connectivity index (χ1) is 13.2. The lowest BCUT2D eigenvalue weighted by molar-refractivity contribution is -0.134. The molecule has 0 radical (unpaired) electrons. The lowest BCUT2D eigenvalue weighted by Crippen LogP contribution is -2.53. The van der Waals surface area contributed by atoms with Crippen LogP contribution < -0.4 is 0 Å². The van der Waals surface area contributed by atoms with Crippen molar-refractivity contribution in [3.63, 3.8) is 0 Å². The van der Waals surface area contributed by atoms with Gasteiger partial charge in [-0.25, -0.2) is 8.42 Å². The Morgan fingerprint density at radius 3 is 2.29 bits per heavy atom. The fraction of sp³-hybridized carbons (Fsp3) is 0.600. The Labute approximate surface area is 168 Å². The monoisotopic (exact) mass is 406 g/mol. The highest BCUT2D eigenvalue weighted by molar-refractivity contribution is 7.89. The maximum atomic E-state index is 12.9. The van der Waals surface area contributed by atoms with Crippen molar-refractivity contribution in [2.75, 3.05) is 39.3 Å². The molecule has 2 rings (SSSR count). The molecular formula is C20H30N4O3S. The zero-order valence-corrected chi connectivity index (χ0v) is 17.9. The number of hydrogen-bond donors (Lipinski definition) is 0. The summed E-state index contributed by atoms with van der Waals surface area (Å²) in [4.78, 5) is 16.6. The van der Waals surface area contributed by atoms with Crippen LogP contribution in [0, 0.1) is 17.2 Å². The lowest BCUT2D eigenvalue weighted by atomic mass is 10.1. The third-order valence-corrected chi connectivity index (χ3v) is 6.84. The van der Waals surface area contributed by atoms with Gasteiger partial charge in [-0.05, 0) is 31.9 Å². The number of benzene rings is 1. The molecule has 1 aromatic carbocycles. The fourth-order valence-electron chi connectivity index (χ4n) is 3.30. The third-order valence-electron chi connectivity index (χ3n) is 4.88. The van der Waals surface area contributed by atoms with E-state index in [0.717, 1.165) is 6.54 Å². The van der Waals surface area contributed by atoms with E-state index in [9.17, 15) is 18.5 Å². The standard InChI is InChI=1S/C20H30N4O3S/c1-16(2)14-23(17(3)4)15-20(25)22-9-11-24(12-10-22)28(26,27)19-8-6-5-7-18(19)13-21/h5-8,16-17H,9-12,14-15H2,1-4H3. The number of sulfonamides is 1. The predicted molar refractivity (Wildman–Crippen MR) is 108 cm³/mol. The molecule has 1 aliphatic rings. The smallest absolute Gasteiger partial charge is 0.244 e. The summed E-state index contributed by atoms with van der Waals surface area (Å²) in [6, 6.07) is 8.43. The Morgan fingerprint density at radius 2 is 1.75 bits per heavy atom. The molecule has 154 valence electrons. The Hall–Kier alpha value is -1.95. The van der Waals surface area contributed by atoms with Crippen LogP contribution in [0.2, 0.25) is 0 Å². The summed E-state index contributed by atoms with van der Waals surface area (Å²) in [7, 11) is -3.74. The van der Waals surface area contributed by atoms with Crippen molar-refractivity contribution in [2.45, 2.75) is 38.6 Å². The summed E-state index contributed by atoms with van der Waals surface area (Å²) in [5, 5.41) is 9.20. The number of nitriles is 1. The number of rotatable bonds is 7. The Balaban J connectivity index is 2.02. The summed E-state index contributed by atoms with van der Waals surface area (Å²) in [6.45, 7) is 10.8. The van der Waals surface area contributed by atoms with E-state index in [2.05, 4.69) is 32.6 Å². The summed E-state index contributed by atoms with van der Waals surface area (Å²) in [5.41, 5.74) is 0.141. The molecule has 0 saturated carbocycles. The van der Waals surface area contributed by atoms with Gasteiger partial charge >= 0.3 is 0 Å². The molecule has 8 heteroatoms. The number of carbonyl (C=O) groups is 1. The van der Waals surface area contributed by atoms with Crippen molar-refractivity contribution in [1.29, 1.82) is 5.26 Å². The van der Waals surface area contributed by atoms with Crippen molar-refractivity contribution in [3.8, 4) is 6.07 Å². The topological polar surface area (TPSA) is 84.7 Å². The minimum Gasteiger partial charge on any atom is -0.339 e. The van der Waals surface area contributed by atoms with E-state index < -0.39 is 10.0 Å². The first-order valence-electron chi connectivity index (χ1n) is 9.68. The summed E-state index contributed by atoms with van der Waals surface area (Å²) >= 11 is 0. The Kier molecular flexibility index (Phi) is 7.58. The molecule has 0 bridgehead atoms. The zero-order valence-electron chi connectivity index (χ0n) is 17.1. The van der Waals surface area contributed by atoms with Gasteiger partial charge < -0.3 is 4.90 Å². The van der Waals surface area contributed by atoms with E-state index >= 15 is 0 Å². The van der Waals surface area contributed by atoms with Gasteiger partial charge in [-0.1, -0.05) is 26.0 Å². The van der Waals surface area contributed by atoms with Gasteiger partial charge in [0.1, 0.15) is 6.07 Å². The molecule has 0 spiro atoms. The van der Waals surface area contributed by atoms with Crippen LogP contribution in [0.15, 0.2) is 29.2 Å². The Morgan fingerprint density at radius 1 is 1.14 bits per heavy atom. The Bertz CT molecular complexity index is 822. The average molecular weight is 407 g/mol. The molecule has 0 unspecified atom stereocenters. The first-order valence-corrected chi connectivity index (χ1v) is 11.1. The highest BCUT2D eigenvalue weighted by Crippen LogP contribution is 2.21. The average Bonchev–Trinajstić information content (AvgIpc) is 2.67. The van der Waals surface area contributed by atoms with Crippen LogP contribution in [0.3, 0.4) is 0 Å². The molecule has 1 saturated heterocycles. The largest absolute Gasteiger partial charge is 0.339 e. The van der Waals surface area contributed by atoms with Crippen molar-refractivity contribution < 1.29 is 13.2 Å². The zero-order chi connectivity index (χ0) is 20.9. The van der Waals surface area contributed by atoms with Crippen LogP contribution in [-0.4, -0.2) is 73.7 Å². The molecule has 1 aromatic rings. The maximum Gasteiger partial charge on any atom is 0.244 e. The van der Waals surface area contributed by atoms with Crippen molar-refractivity contribution in [3.05, 3.63) is 29.8 Å². The minimum atomic E-state index is -3.74. The van der Waals surface area contributed by atoms with Crippen molar-refractivity contribution in [1.82, 2.24) is 14.1 Å². The summed E-state index contributed by atoms with van der Waals surface area (Å²) in [6.07, 6.45) is 0. The molecule has 0 atom stereocenters. The SMILES string of the molecule is CC(C)CN(CC(=O)N1CCN(S(=O)(=O)c2ccccc2C#N)CC1)C(C)C. The summed E-state index contributed by atoms with van der Waals surface area (Å²) in [5.74, 6) is 0.501. The van der Waals surface area contributed by atoms with Crippen LogP contribution >= 0.6 is 0 Å². The van der Waals surface area contributed by atoms with Gasteiger partial charge in [-0.2, -0.15) is 9.57 Å². The maximum absolute atomic E-state index is 12.9. The van der Waals surface area contributed by atoms with E-state index in [1.807, 2.05) is 6.07 Å². The van der Waals surface area contributed by atoms with E-state index in [0.29, 0.717) is 25.6 Å². The molecular weight excluding hydrogens is 376 g/mol. The molecule has 0 aromatic heterocycles. The second-order valence-electron chi connectivity index (χ2n) is 7.81. The molecule has 1 heterocycles. The quantitative estimate of drug-likeness (QED) is 0.689. The van der Waals surface area contributed by atoms with E-state index in [1.165, 1.54) is 16.4 Å². The summed E-state index contributed by atoms with van der Waals surface area (Å²) < 4.78 is 27.2. The van der Waals surface area contributed by atoms with Crippen molar-refractivity contribution >= 4 is 15.9 Å². The molecule has 1 fully saturated rings. The van der Waals surface area contributed by atoms with Crippen LogP contribution in [0.1, 0.15) is 33.3 Å². The highest BCUT2D eigenvalue weighted by Gasteiger charge is 2.32. The van der Waals surface area contributed by atoms with Gasteiger partial charge in [0.15, 0.2) is 0 Å². The number of hydrogen-bond acceptors (Lipinski definition) is 5. The van der Waals surface area contributed by atoms with Gasteiger partial charge in [0.2, 0.25) is 15.9 Å². The minimum absolute atomic E-state index is 0.0280. The van der Waals surface area contributed by atoms with E-state index in [-0.39, 0.29) is 35.5 Å². The van der Waals surface area contributed by atoms with Crippen LogP contribution in [0.25, 0.3) is 0 Å². The lowest BCUT2D eigenvalue weighted by Gasteiger charge is -2.36. The highest BCUT2D eigenvalue weighted by atomic mass is 32.2. The first kappa shape index (κ1) is 22.3. The predicted octanol–water partition coefficient (Wildman–Crippen LogP) is 1.76. The number of nitrogens with zero attached hydrogens (tertiary/aromatic N) is 4. The van der Waals surface area contributed by atoms with E-state index in [4.69, 9.17) is 0 Å². The van der Waals surface area contributed by atoms with Crippen LogP contribution in [0.4, 0.5) is 0 Å². The van der Waals surface area contributed by atoms with Gasteiger partial charge in [-0.15, -0.1) is 0 Å². The van der Waals surface area contributed by atoms with Crippen LogP contribution in [0.5, 0.6) is 0 Å². The van der Waals surface area contributed by atoms with Gasteiger partial charge in [0.25, 0.3) is 0 Å². The number of carbonyl (C=O) groups excluding carboxylic acids is 1. The molecule has 1 amide bonds. The van der Waals surface area contributed by atoms with Crippen LogP contribution in [-0.2, 0) is 14.8 Å². The molecule has 0 N–H and O–H groups in total. The third kappa shape index (κ3) is 5.31. The number of piperazine rings is 1. The van der Waals surface area contributed by atoms with Gasteiger partial charge in [0, 0.05) is 38.8 Å².